The van der Waals surface area contributed by atoms with Gasteiger partial charge in [-0.2, -0.15) is 0 Å². The van der Waals surface area contributed by atoms with Gasteiger partial charge in [0.15, 0.2) is 0 Å². The number of amides is 2. The van der Waals surface area contributed by atoms with E-state index in [1.165, 1.54) is 0 Å². The average molecular weight is 248 g/mol. The summed E-state index contributed by atoms with van der Waals surface area (Å²) < 4.78 is 0. The van der Waals surface area contributed by atoms with E-state index in [0.717, 1.165) is 11.1 Å². The van der Waals surface area contributed by atoms with Crippen molar-refractivity contribution < 1.29 is 14.7 Å². The van der Waals surface area contributed by atoms with E-state index >= 15 is 0 Å². The van der Waals surface area contributed by atoms with E-state index < -0.39 is 5.97 Å². The van der Waals surface area contributed by atoms with Crippen molar-refractivity contribution in [3.63, 3.8) is 0 Å². The van der Waals surface area contributed by atoms with Crippen LogP contribution in [0, 0.1) is 0 Å². The fraction of sp³-hybridized carbons (Fsp3) is 0.385. The van der Waals surface area contributed by atoms with Crippen LogP contribution in [0.1, 0.15) is 35.3 Å². The summed E-state index contributed by atoms with van der Waals surface area (Å²) in [5.41, 5.74) is 2.19. The maximum Gasteiger partial charge on any atom is 0.335 e. The molecule has 0 aromatic heterocycles. The molecule has 1 aliphatic rings. The number of rotatable bonds is 2. The van der Waals surface area contributed by atoms with Gasteiger partial charge in [-0.15, -0.1) is 0 Å². The minimum Gasteiger partial charge on any atom is -0.478 e. The van der Waals surface area contributed by atoms with Crippen LogP contribution in [0.25, 0.3) is 0 Å². The highest BCUT2D eigenvalue weighted by molar-refractivity contribution is 5.88. The molecule has 1 aromatic carbocycles. The van der Waals surface area contributed by atoms with Gasteiger partial charge in [0.1, 0.15) is 0 Å². The lowest BCUT2D eigenvalue weighted by atomic mass is 10.1. The highest BCUT2D eigenvalue weighted by atomic mass is 16.4. The number of carboxylic acids is 1. The SMILES string of the molecule is CC(C)NC(=O)N1Cc2ccc(C(=O)O)cc2C1. The Morgan fingerprint density at radius 3 is 2.56 bits per heavy atom. The number of nitrogens with one attached hydrogen (secondary N) is 1. The van der Waals surface area contributed by atoms with Gasteiger partial charge in [-0.1, -0.05) is 6.07 Å². The molecule has 0 fully saturated rings. The van der Waals surface area contributed by atoms with E-state index in [2.05, 4.69) is 5.32 Å². The van der Waals surface area contributed by atoms with Crippen LogP contribution in [0.15, 0.2) is 18.2 Å². The Morgan fingerprint density at radius 1 is 1.28 bits per heavy atom. The number of urea groups is 1. The van der Waals surface area contributed by atoms with Crippen molar-refractivity contribution in [1.82, 2.24) is 10.2 Å². The minimum absolute atomic E-state index is 0.0933. The number of nitrogens with zero attached hydrogens (tertiary/aromatic N) is 1. The van der Waals surface area contributed by atoms with Gasteiger partial charge in [-0.25, -0.2) is 9.59 Å². The highest BCUT2D eigenvalue weighted by Gasteiger charge is 2.24. The summed E-state index contributed by atoms with van der Waals surface area (Å²) in [6.07, 6.45) is 0. The lowest BCUT2D eigenvalue weighted by Crippen LogP contribution is -2.40. The van der Waals surface area contributed by atoms with Gasteiger partial charge in [0.05, 0.1) is 5.56 Å². The van der Waals surface area contributed by atoms with Crippen molar-refractivity contribution in [2.24, 2.45) is 0 Å². The van der Waals surface area contributed by atoms with Crippen LogP contribution in [0.2, 0.25) is 0 Å². The Bertz CT molecular complexity index is 497. The van der Waals surface area contributed by atoms with Gasteiger partial charge in [0.2, 0.25) is 0 Å². The quantitative estimate of drug-likeness (QED) is 0.838. The normalized spacial score (nSPS) is 13.6. The zero-order valence-electron chi connectivity index (χ0n) is 10.4. The number of benzene rings is 1. The smallest absolute Gasteiger partial charge is 0.335 e. The van der Waals surface area contributed by atoms with Crippen LogP contribution in [0.3, 0.4) is 0 Å². The molecule has 0 spiro atoms. The lowest BCUT2D eigenvalue weighted by Gasteiger charge is -2.18. The average Bonchev–Trinajstić information content (AvgIpc) is 2.70. The molecule has 0 bridgehead atoms. The third kappa shape index (κ3) is 2.45. The summed E-state index contributed by atoms with van der Waals surface area (Å²) >= 11 is 0. The van der Waals surface area contributed by atoms with Gasteiger partial charge < -0.3 is 15.3 Å². The Hall–Kier alpha value is -2.04. The number of hydrogen-bond donors (Lipinski definition) is 2. The molecule has 2 rings (SSSR count). The Morgan fingerprint density at radius 2 is 1.94 bits per heavy atom. The maximum atomic E-state index is 11.8. The Balaban J connectivity index is 2.13. The first kappa shape index (κ1) is 12.4. The van der Waals surface area contributed by atoms with Gasteiger partial charge in [-0.05, 0) is 37.1 Å². The first-order valence-corrected chi connectivity index (χ1v) is 5.88. The predicted octanol–water partition coefficient (Wildman–Crippen LogP) is 1.82. The summed E-state index contributed by atoms with van der Waals surface area (Å²) in [5.74, 6) is -0.942. The van der Waals surface area contributed by atoms with Crippen molar-refractivity contribution in [3.05, 3.63) is 34.9 Å². The Kier molecular flexibility index (Phi) is 3.23. The molecular formula is C13H16N2O3. The van der Waals surface area contributed by atoms with E-state index in [-0.39, 0.29) is 17.6 Å². The molecule has 1 aliphatic heterocycles. The summed E-state index contributed by atoms with van der Waals surface area (Å²) in [5, 5.41) is 11.7. The molecule has 0 atom stereocenters. The number of carbonyl (C=O) groups is 2. The first-order chi connectivity index (χ1) is 8.47. The molecule has 0 saturated carbocycles. The summed E-state index contributed by atoms with van der Waals surface area (Å²) in [4.78, 5) is 24.4. The third-order valence-corrected chi connectivity index (χ3v) is 2.87. The van der Waals surface area contributed by atoms with Gasteiger partial charge >= 0.3 is 12.0 Å². The molecule has 1 aromatic rings. The molecule has 2 amide bonds. The van der Waals surface area contributed by atoms with E-state index in [0.29, 0.717) is 13.1 Å². The van der Waals surface area contributed by atoms with E-state index in [1.54, 1.807) is 23.1 Å². The van der Waals surface area contributed by atoms with Crippen molar-refractivity contribution in [3.8, 4) is 0 Å². The molecule has 18 heavy (non-hydrogen) atoms. The largest absolute Gasteiger partial charge is 0.478 e. The summed E-state index contributed by atoms with van der Waals surface area (Å²) in [6, 6.07) is 4.97. The van der Waals surface area contributed by atoms with Crippen LogP contribution < -0.4 is 5.32 Å². The van der Waals surface area contributed by atoms with E-state index in [9.17, 15) is 9.59 Å². The van der Waals surface area contributed by atoms with Crippen molar-refractivity contribution in [1.29, 1.82) is 0 Å². The van der Waals surface area contributed by atoms with Gasteiger partial charge in [0.25, 0.3) is 0 Å². The van der Waals surface area contributed by atoms with Gasteiger partial charge in [-0.3, -0.25) is 0 Å². The van der Waals surface area contributed by atoms with Crippen molar-refractivity contribution in [2.45, 2.75) is 33.0 Å². The van der Waals surface area contributed by atoms with Crippen LogP contribution in [0.4, 0.5) is 4.79 Å². The van der Waals surface area contributed by atoms with Crippen molar-refractivity contribution in [2.75, 3.05) is 0 Å². The van der Waals surface area contributed by atoms with E-state index in [4.69, 9.17) is 5.11 Å². The third-order valence-electron chi connectivity index (χ3n) is 2.87. The van der Waals surface area contributed by atoms with Crippen LogP contribution in [-0.2, 0) is 13.1 Å². The summed E-state index contributed by atoms with van der Waals surface area (Å²) in [7, 11) is 0. The zero-order chi connectivity index (χ0) is 13.3. The lowest BCUT2D eigenvalue weighted by molar-refractivity contribution is 0.0696. The Labute approximate surface area is 105 Å². The standard InChI is InChI=1S/C13H16N2O3/c1-8(2)14-13(18)15-6-10-4-3-9(12(16)17)5-11(10)7-15/h3-5,8H,6-7H2,1-2H3,(H,14,18)(H,16,17). The number of carbonyl (C=O) groups excluding carboxylic acids is 1. The molecule has 2 N–H and O–H groups in total. The summed E-state index contributed by atoms with van der Waals surface area (Å²) in [6.45, 7) is 4.82. The fourth-order valence-corrected chi connectivity index (χ4v) is 2.01. The highest BCUT2D eigenvalue weighted by Crippen LogP contribution is 2.23. The molecule has 5 heteroatoms. The topological polar surface area (TPSA) is 69.6 Å². The van der Waals surface area contributed by atoms with Crippen LogP contribution in [0.5, 0.6) is 0 Å². The second-order valence-corrected chi connectivity index (χ2v) is 4.75. The number of aromatic carboxylic acids is 1. The van der Waals surface area contributed by atoms with Gasteiger partial charge in [0, 0.05) is 19.1 Å². The number of carboxylic acid groups (broad SMARTS) is 1. The molecule has 0 radical (unpaired) electrons. The van der Waals surface area contributed by atoms with Crippen LogP contribution >= 0.6 is 0 Å². The molecule has 1 heterocycles. The monoisotopic (exact) mass is 248 g/mol. The maximum absolute atomic E-state index is 11.8. The molecule has 5 nitrogen and oxygen atoms in total. The molecule has 0 saturated heterocycles. The zero-order valence-corrected chi connectivity index (χ0v) is 10.4. The fourth-order valence-electron chi connectivity index (χ4n) is 2.01. The molecule has 0 aliphatic carbocycles. The number of fused-ring (bicyclic) bond motifs is 1. The van der Waals surface area contributed by atoms with Crippen molar-refractivity contribution >= 4 is 12.0 Å². The second-order valence-electron chi connectivity index (χ2n) is 4.75. The molecular weight excluding hydrogens is 232 g/mol. The molecule has 0 unspecified atom stereocenters. The first-order valence-electron chi connectivity index (χ1n) is 5.88. The predicted molar refractivity (Wildman–Crippen MR) is 66.3 cm³/mol. The number of hydrogen-bond acceptors (Lipinski definition) is 2. The second kappa shape index (κ2) is 4.68. The van der Waals surface area contributed by atoms with E-state index in [1.807, 2.05) is 13.8 Å². The molecule has 96 valence electrons. The van der Waals surface area contributed by atoms with Crippen LogP contribution in [-0.4, -0.2) is 28.0 Å². The minimum atomic E-state index is -0.942.